The third-order valence-corrected chi connectivity index (χ3v) is 2.10. The fraction of sp³-hybridized carbons (Fsp3) is 0.538. The molecule has 1 nitrogen and oxygen atoms in total. The highest BCUT2D eigenvalue weighted by Gasteiger charge is 2.09. The molecule has 0 rings (SSSR count). The summed E-state index contributed by atoms with van der Waals surface area (Å²) in [6, 6.07) is 0. The molecule has 0 amide bonds. The van der Waals surface area contributed by atoms with Gasteiger partial charge in [-0.05, 0) is 31.4 Å². The van der Waals surface area contributed by atoms with Crippen LogP contribution < -0.4 is 0 Å². The first-order chi connectivity index (χ1) is 6.56. The van der Waals surface area contributed by atoms with Gasteiger partial charge < -0.3 is 4.74 Å². The Labute approximate surface area is 87.9 Å². The molecule has 0 heterocycles. The molecule has 0 fully saturated rings. The molecule has 0 aliphatic heterocycles. The van der Waals surface area contributed by atoms with Crippen LogP contribution in [0.15, 0.2) is 23.5 Å². The first kappa shape index (κ1) is 12.8. The summed E-state index contributed by atoms with van der Waals surface area (Å²) in [5.74, 6) is 4.12. The van der Waals surface area contributed by atoms with Crippen LogP contribution in [0.25, 0.3) is 0 Å². The van der Waals surface area contributed by atoms with E-state index in [1.807, 2.05) is 19.9 Å². The van der Waals surface area contributed by atoms with Gasteiger partial charge in [0.05, 0.1) is 7.11 Å². The van der Waals surface area contributed by atoms with Crippen molar-refractivity contribution in [2.45, 2.75) is 27.7 Å². The minimum Gasteiger partial charge on any atom is -0.497 e. The fourth-order valence-electron chi connectivity index (χ4n) is 1.32. The molecule has 0 N–H and O–H groups in total. The maximum absolute atomic E-state index is 5.33. The average Bonchev–Trinajstić information content (AvgIpc) is 2.16. The van der Waals surface area contributed by atoms with Crippen LogP contribution in [-0.2, 0) is 4.74 Å². The summed E-state index contributed by atoms with van der Waals surface area (Å²) in [7, 11) is 1.68. The number of allylic oxidation sites excluding steroid dienone is 3. The van der Waals surface area contributed by atoms with E-state index in [0.717, 1.165) is 5.76 Å². The second kappa shape index (κ2) is 6.32. The van der Waals surface area contributed by atoms with Crippen LogP contribution in [0.4, 0.5) is 0 Å². The summed E-state index contributed by atoms with van der Waals surface area (Å²) in [4.78, 5) is 0. The van der Waals surface area contributed by atoms with Crippen LogP contribution in [0.2, 0.25) is 0 Å². The Bertz CT molecular complexity index is 263. The third-order valence-electron chi connectivity index (χ3n) is 2.10. The SMILES string of the molecule is C#CC(C)/C=C(OC)\C(=C/C)C(C)C. The van der Waals surface area contributed by atoms with Crippen molar-refractivity contribution in [3.05, 3.63) is 23.5 Å². The molecule has 0 saturated heterocycles. The molecule has 1 unspecified atom stereocenters. The van der Waals surface area contributed by atoms with Gasteiger partial charge in [0.2, 0.25) is 0 Å². The van der Waals surface area contributed by atoms with Crippen LogP contribution >= 0.6 is 0 Å². The van der Waals surface area contributed by atoms with Gasteiger partial charge in [0.15, 0.2) is 0 Å². The van der Waals surface area contributed by atoms with Crippen molar-refractivity contribution in [1.82, 2.24) is 0 Å². The summed E-state index contributed by atoms with van der Waals surface area (Å²) < 4.78 is 5.33. The molecule has 14 heavy (non-hydrogen) atoms. The number of ether oxygens (including phenoxy) is 1. The number of hydrogen-bond acceptors (Lipinski definition) is 1. The van der Waals surface area contributed by atoms with Gasteiger partial charge in [-0.2, -0.15) is 0 Å². The molecule has 0 aromatic carbocycles. The lowest BCUT2D eigenvalue weighted by Crippen LogP contribution is -2.02. The van der Waals surface area contributed by atoms with E-state index in [-0.39, 0.29) is 5.92 Å². The monoisotopic (exact) mass is 192 g/mol. The summed E-state index contributed by atoms with van der Waals surface area (Å²) in [5.41, 5.74) is 1.20. The number of hydrogen-bond donors (Lipinski definition) is 0. The number of methoxy groups -OCH3 is 1. The lowest BCUT2D eigenvalue weighted by molar-refractivity contribution is 0.291. The molecule has 0 bridgehead atoms. The van der Waals surface area contributed by atoms with E-state index in [0.29, 0.717) is 5.92 Å². The Morgan fingerprint density at radius 2 is 1.93 bits per heavy atom. The minimum atomic E-state index is 0.110. The van der Waals surface area contributed by atoms with Crippen LogP contribution in [0, 0.1) is 24.2 Å². The molecule has 0 aliphatic carbocycles. The maximum Gasteiger partial charge on any atom is 0.119 e. The zero-order valence-corrected chi connectivity index (χ0v) is 9.79. The predicted octanol–water partition coefficient (Wildman–Crippen LogP) is 3.39. The standard InChI is InChI=1S/C13H20O/c1-7-11(5)9-13(14-6)12(8-2)10(3)4/h1,8-11H,2-6H3/b12-8-,13-9+. The Balaban J connectivity index is 4.89. The summed E-state index contributed by atoms with van der Waals surface area (Å²) in [5, 5.41) is 0. The first-order valence-electron chi connectivity index (χ1n) is 4.95. The quantitative estimate of drug-likeness (QED) is 0.377. The van der Waals surface area contributed by atoms with E-state index in [1.165, 1.54) is 5.57 Å². The van der Waals surface area contributed by atoms with Gasteiger partial charge in [0, 0.05) is 5.92 Å². The van der Waals surface area contributed by atoms with Crippen LogP contribution in [0.1, 0.15) is 27.7 Å². The predicted molar refractivity (Wildman–Crippen MR) is 61.7 cm³/mol. The maximum atomic E-state index is 5.33. The Morgan fingerprint density at radius 1 is 1.36 bits per heavy atom. The van der Waals surface area contributed by atoms with Gasteiger partial charge in [0.25, 0.3) is 0 Å². The van der Waals surface area contributed by atoms with Crippen LogP contribution in [-0.4, -0.2) is 7.11 Å². The fourth-order valence-corrected chi connectivity index (χ4v) is 1.32. The molecule has 0 spiro atoms. The zero-order chi connectivity index (χ0) is 11.1. The smallest absolute Gasteiger partial charge is 0.119 e. The lowest BCUT2D eigenvalue weighted by Gasteiger charge is -2.14. The minimum absolute atomic E-state index is 0.110. The second-order valence-corrected chi connectivity index (χ2v) is 3.59. The highest BCUT2D eigenvalue weighted by atomic mass is 16.5. The molecule has 0 aromatic heterocycles. The molecule has 0 saturated carbocycles. The van der Waals surface area contributed by atoms with E-state index < -0.39 is 0 Å². The Morgan fingerprint density at radius 3 is 2.21 bits per heavy atom. The molecule has 78 valence electrons. The van der Waals surface area contributed by atoms with Gasteiger partial charge in [-0.3, -0.25) is 0 Å². The van der Waals surface area contributed by atoms with E-state index in [4.69, 9.17) is 11.2 Å². The van der Waals surface area contributed by atoms with Crippen molar-refractivity contribution in [2.75, 3.05) is 7.11 Å². The van der Waals surface area contributed by atoms with Gasteiger partial charge in [-0.25, -0.2) is 0 Å². The van der Waals surface area contributed by atoms with Crippen molar-refractivity contribution in [1.29, 1.82) is 0 Å². The summed E-state index contributed by atoms with van der Waals surface area (Å²) in [6.45, 7) is 8.28. The number of terminal acetylenes is 1. The van der Waals surface area contributed by atoms with Crippen LogP contribution in [0.5, 0.6) is 0 Å². The topological polar surface area (TPSA) is 9.23 Å². The summed E-state index contributed by atoms with van der Waals surface area (Å²) >= 11 is 0. The highest BCUT2D eigenvalue weighted by molar-refractivity contribution is 5.28. The van der Waals surface area contributed by atoms with Crippen molar-refractivity contribution in [2.24, 2.45) is 11.8 Å². The van der Waals surface area contributed by atoms with E-state index in [2.05, 4.69) is 25.8 Å². The molecule has 0 aliphatic rings. The van der Waals surface area contributed by atoms with Crippen molar-refractivity contribution >= 4 is 0 Å². The Kier molecular flexibility index (Phi) is 5.79. The van der Waals surface area contributed by atoms with Crippen molar-refractivity contribution in [3.63, 3.8) is 0 Å². The van der Waals surface area contributed by atoms with Crippen LogP contribution in [0.3, 0.4) is 0 Å². The molecular weight excluding hydrogens is 172 g/mol. The molecule has 0 aromatic rings. The average molecular weight is 192 g/mol. The lowest BCUT2D eigenvalue weighted by atomic mass is 9.99. The van der Waals surface area contributed by atoms with E-state index in [9.17, 15) is 0 Å². The second-order valence-electron chi connectivity index (χ2n) is 3.59. The first-order valence-corrected chi connectivity index (χ1v) is 4.95. The number of rotatable bonds is 4. The van der Waals surface area contributed by atoms with Gasteiger partial charge >= 0.3 is 0 Å². The normalized spacial score (nSPS) is 15.2. The molecule has 1 atom stereocenters. The Hall–Kier alpha value is -1.16. The van der Waals surface area contributed by atoms with Crippen molar-refractivity contribution < 1.29 is 4.74 Å². The van der Waals surface area contributed by atoms with Crippen molar-refractivity contribution in [3.8, 4) is 12.3 Å². The van der Waals surface area contributed by atoms with Gasteiger partial charge in [-0.1, -0.05) is 25.8 Å². The molecular formula is C13H20O. The van der Waals surface area contributed by atoms with Gasteiger partial charge in [-0.15, -0.1) is 6.42 Å². The molecule has 0 radical (unpaired) electrons. The van der Waals surface area contributed by atoms with E-state index >= 15 is 0 Å². The molecule has 1 heteroatoms. The van der Waals surface area contributed by atoms with Gasteiger partial charge in [0.1, 0.15) is 5.76 Å². The third kappa shape index (κ3) is 3.70. The highest BCUT2D eigenvalue weighted by Crippen LogP contribution is 2.21. The largest absolute Gasteiger partial charge is 0.497 e. The zero-order valence-electron chi connectivity index (χ0n) is 9.79. The summed E-state index contributed by atoms with van der Waals surface area (Å²) in [6.07, 6.45) is 9.38. The van der Waals surface area contributed by atoms with E-state index in [1.54, 1.807) is 7.11 Å².